The van der Waals surface area contributed by atoms with Gasteiger partial charge in [-0.1, -0.05) is 6.07 Å². The molecule has 0 bridgehead atoms. The number of amides is 1. The van der Waals surface area contributed by atoms with Crippen LogP contribution in [0, 0.1) is 6.57 Å². The Labute approximate surface area is 189 Å². The number of alkyl halides is 5. The predicted octanol–water partition coefficient (Wildman–Crippen LogP) is 3.59. The molecule has 0 unspecified atom stereocenters. The summed E-state index contributed by atoms with van der Waals surface area (Å²) >= 11 is 0. The maximum absolute atomic E-state index is 14.7. The molecule has 2 aromatic heterocycles. The molecule has 4 rings (SSSR count). The Morgan fingerprint density at radius 2 is 1.88 bits per heavy atom. The summed E-state index contributed by atoms with van der Waals surface area (Å²) in [5.74, 6) is -4.34. The molecule has 3 aromatic rings. The first-order valence-corrected chi connectivity index (χ1v) is 9.80. The van der Waals surface area contributed by atoms with Crippen LogP contribution in [0.4, 0.5) is 33.6 Å². The van der Waals surface area contributed by atoms with Crippen molar-refractivity contribution in [3.8, 4) is 5.69 Å². The largest absolute Gasteiger partial charge is 0.419 e. The van der Waals surface area contributed by atoms with Crippen LogP contribution in [0.25, 0.3) is 10.5 Å². The van der Waals surface area contributed by atoms with Crippen molar-refractivity contribution < 1.29 is 26.7 Å². The lowest BCUT2D eigenvalue weighted by Gasteiger charge is -2.28. The zero-order chi connectivity index (χ0) is 24.5. The molecule has 9 nitrogen and oxygen atoms in total. The van der Waals surface area contributed by atoms with E-state index in [1.54, 1.807) is 0 Å². The molecule has 14 heteroatoms. The van der Waals surface area contributed by atoms with Gasteiger partial charge in [-0.25, -0.2) is 23.6 Å². The van der Waals surface area contributed by atoms with E-state index in [4.69, 9.17) is 6.57 Å². The van der Waals surface area contributed by atoms with Gasteiger partial charge in [-0.3, -0.25) is 4.79 Å². The number of likely N-dealkylation sites (tertiary alicyclic amines) is 1. The van der Waals surface area contributed by atoms with Crippen molar-refractivity contribution in [3.63, 3.8) is 0 Å². The zero-order valence-corrected chi connectivity index (χ0v) is 17.2. The second kappa shape index (κ2) is 8.65. The number of nitrogens with zero attached hydrogens (tertiary/aromatic N) is 7. The van der Waals surface area contributed by atoms with Gasteiger partial charge in [0.1, 0.15) is 6.04 Å². The molecule has 1 aliphatic rings. The minimum Gasteiger partial charge on any atom is -0.352 e. The van der Waals surface area contributed by atoms with E-state index in [0.717, 1.165) is 9.70 Å². The lowest BCUT2D eigenvalue weighted by molar-refractivity contribution is -0.138. The second-order valence-electron chi connectivity index (χ2n) is 7.33. The molecule has 0 aliphatic carbocycles. The van der Waals surface area contributed by atoms with E-state index >= 15 is 0 Å². The van der Waals surface area contributed by atoms with Crippen LogP contribution in [-0.4, -0.2) is 60.8 Å². The number of carbonyl (C=O) groups excluding carboxylic acids is 1. The van der Waals surface area contributed by atoms with Gasteiger partial charge >= 0.3 is 6.18 Å². The van der Waals surface area contributed by atoms with Crippen molar-refractivity contribution in [2.75, 3.05) is 18.4 Å². The van der Waals surface area contributed by atoms with E-state index in [1.807, 2.05) is 0 Å². The molecular formula is C20H15F5N8O. The minimum absolute atomic E-state index is 0.0434. The normalized spacial score (nSPS) is 17.4. The average Bonchev–Trinajstić information content (AvgIpc) is 3.44. The first kappa shape index (κ1) is 23.0. The van der Waals surface area contributed by atoms with Gasteiger partial charge in [0.25, 0.3) is 11.8 Å². The van der Waals surface area contributed by atoms with Gasteiger partial charge in [0.05, 0.1) is 35.8 Å². The Kier molecular flexibility index (Phi) is 5.86. The summed E-state index contributed by atoms with van der Waals surface area (Å²) in [6, 6.07) is 2.52. The predicted molar refractivity (Wildman–Crippen MR) is 108 cm³/mol. The average molecular weight is 478 g/mol. The summed E-state index contributed by atoms with van der Waals surface area (Å²) in [4.78, 5) is 25.7. The number of carbonyl (C=O) groups is 1. The first-order valence-electron chi connectivity index (χ1n) is 9.80. The molecule has 176 valence electrons. The third-order valence-electron chi connectivity index (χ3n) is 5.22. The van der Waals surface area contributed by atoms with Crippen molar-refractivity contribution in [2.45, 2.75) is 24.6 Å². The fourth-order valence-electron chi connectivity index (χ4n) is 3.51. The highest BCUT2D eigenvalue weighted by molar-refractivity contribution is 5.99. The number of halogens is 5. The topological polar surface area (TPSA) is 93.2 Å². The standard InChI is InChI=1S/C20H15F5N8O/c1-26-13-2-3-15(33-30-5-6-31-33)14(8-13)17(34)32-7-4-19(21,22)16(32)11-29-18-27-9-12(10-28-18)20(23,24)25/h2-3,5-6,8-10,16H,4,7,11H2,(H,27,28,29)/t16-/m1/s1. The Bertz CT molecular complexity index is 1220. The zero-order valence-electron chi connectivity index (χ0n) is 17.2. The third-order valence-corrected chi connectivity index (χ3v) is 5.22. The molecule has 0 saturated carbocycles. The fraction of sp³-hybridized carbons (Fsp3) is 0.300. The van der Waals surface area contributed by atoms with Crippen molar-refractivity contribution in [1.82, 2.24) is 29.9 Å². The number of hydrogen-bond donors (Lipinski definition) is 1. The monoisotopic (exact) mass is 478 g/mol. The summed E-state index contributed by atoms with van der Waals surface area (Å²) in [5, 5.41) is 10.4. The van der Waals surface area contributed by atoms with Crippen molar-refractivity contribution in [3.05, 3.63) is 65.5 Å². The van der Waals surface area contributed by atoms with Crippen LogP contribution in [0.1, 0.15) is 22.3 Å². The van der Waals surface area contributed by atoms with Crippen LogP contribution < -0.4 is 5.32 Å². The number of nitrogens with one attached hydrogen (secondary N) is 1. The van der Waals surface area contributed by atoms with Gasteiger partial charge in [0.15, 0.2) is 5.69 Å². The Hall–Kier alpha value is -4.15. The summed E-state index contributed by atoms with van der Waals surface area (Å²) in [7, 11) is 0. The Morgan fingerprint density at radius 3 is 2.50 bits per heavy atom. The summed E-state index contributed by atoms with van der Waals surface area (Å²) in [6.45, 7) is 6.41. The summed E-state index contributed by atoms with van der Waals surface area (Å²) < 4.78 is 67.4. The van der Waals surface area contributed by atoms with Crippen LogP contribution in [0.5, 0.6) is 0 Å². The molecule has 1 N–H and O–H groups in total. The van der Waals surface area contributed by atoms with Crippen molar-refractivity contribution in [1.29, 1.82) is 0 Å². The first-order chi connectivity index (χ1) is 16.1. The summed E-state index contributed by atoms with van der Waals surface area (Å²) in [5.41, 5.74) is -0.799. The Morgan fingerprint density at radius 1 is 1.21 bits per heavy atom. The molecule has 1 fully saturated rings. The lowest BCUT2D eigenvalue weighted by atomic mass is 10.1. The molecular weight excluding hydrogens is 463 g/mol. The minimum atomic E-state index is -4.64. The maximum atomic E-state index is 14.7. The van der Waals surface area contributed by atoms with Gasteiger partial charge in [0, 0.05) is 31.9 Å². The van der Waals surface area contributed by atoms with Gasteiger partial charge in [-0.15, -0.1) is 0 Å². The quantitative estimate of drug-likeness (QED) is 0.445. The highest BCUT2D eigenvalue weighted by atomic mass is 19.4. The van der Waals surface area contributed by atoms with Crippen molar-refractivity contribution >= 4 is 17.5 Å². The molecule has 0 radical (unpaired) electrons. The SMILES string of the molecule is [C-]#[N+]c1ccc(-n2nccn2)c(C(=O)N2CCC(F)(F)[C@H]2CNc2ncc(C(F)(F)F)cn2)c1. The molecule has 0 spiro atoms. The highest BCUT2D eigenvalue weighted by Gasteiger charge is 2.51. The van der Waals surface area contributed by atoms with Crippen LogP contribution in [0.3, 0.4) is 0 Å². The van der Waals surface area contributed by atoms with Crippen LogP contribution >= 0.6 is 0 Å². The van der Waals surface area contributed by atoms with E-state index in [1.165, 1.54) is 30.6 Å². The molecule has 1 amide bonds. The number of hydrogen-bond acceptors (Lipinski definition) is 6. The van der Waals surface area contributed by atoms with Gasteiger partial charge in [-0.2, -0.15) is 28.2 Å². The smallest absolute Gasteiger partial charge is 0.352 e. The van der Waals surface area contributed by atoms with Gasteiger partial charge in [0.2, 0.25) is 5.95 Å². The van der Waals surface area contributed by atoms with E-state index < -0.39 is 42.6 Å². The lowest BCUT2D eigenvalue weighted by Crippen LogP contribution is -2.47. The molecule has 1 atom stereocenters. The highest BCUT2D eigenvalue weighted by Crippen LogP contribution is 2.36. The molecule has 3 heterocycles. The van der Waals surface area contributed by atoms with E-state index in [-0.39, 0.29) is 29.4 Å². The summed E-state index contributed by atoms with van der Waals surface area (Å²) in [6.07, 6.45) is -1.44. The third kappa shape index (κ3) is 4.49. The van der Waals surface area contributed by atoms with E-state index in [9.17, 15) is 26.7 Å². The number of benzene rings is 1. The number of anilines is 1. The van der Waals surface area contributed by atoms with Crippen LogP contribution in [0.2, 0.25) is 0 Å². The van der Waals surface area contributed by atoms with Gasteiger partial charge in [-0.05, 0) is 12.1 Å². The molecule has 1 saturated heterocycles. The van der Waals surface area contributed by atoms with Crippen LogP contribution in [-0.2, 0) is 6.18 Å². The van der Waals surface area contributed by atoms with E-state index in [2.05, 4.69) is 30.3 Å². The Balaban J connectivity index is 1.59. The van der Waals surface area contributed by atoms with Gasteiger partial charge < -0.3 is 10.2 Å². The molecule has 1 aliphatic heterocycles. The number of rotatable bonds is 5. The van der Waals surface area contributed by atoms with Crippen molar-refractivity contribution in [2.24, 2.45) is 0 Å². The maximum Gasteiger partial charge on any atom is 0.419 e. The van der Waals surface area contributed by atoms with E-state index in [0.29, 0.717) is 12.4 Å². The number of aromatic nitrogens is 5. The second-order valence-corrected chi connectivity index (χ2v) is 7.33. The van der Waals surface area contributed by atoms with Crippen LogP contribution in [0.15, 0.2) is 43.0 Å². The molecule has 34 heavy (non-hydrogen) atoms. The molecule has 1 aromatic carbocycles. The fourth-order valence-corrected chi connectivity index (χ4v) is 3.51.